The highest BCUT2D eigenvalue weighted by molar-refractivity contribution is 6.07. The molecule has 0 saturated carbocycles. The number of carbonyl (C=O) groups is 3. The molecule has 0 radical (unpaired) electrons. The van der Waals surface area contributed by atoms with Crippen molar-refractivity contribution >= 4 is 23.6 Å². The van der Waals surface area contributed by atoms with Crippen molar-refractivity contribution in [1.82, 2.24) is 14.7 Å². The van der Waals surface area contributed by atoms with E-state index in [4.69, 9.17) is 5.41 Å². The zero-order valence-electron chi connectivity index (χ0n) is 18.5. The summed E-state index contributed by atoms with van der Waals surface area (Å²) in [5, 5.41) is 7.70. The van der Waals surface area contributed by atoms with Gasteiger partial charge in [0.25, 0.3) is 11.8 Å². The third-order valence-electron chi connectivity index (χ3n) is 6.56. The Morgan fingerprint density at radius 3 is 2.12 bits per heavy atom. The van der Waals surface area contributed by atoms with Crippen LogP contribution in [-0.2, 0) is 11.3 Å². The zero-order chi connectivity index (χ0) is 22.9. The minimum Gasteiger partial charge on any atom is -0.338 e. The number of hydrogen-bond donors (Lipinski definition) is 1. The van der Waals surface area contributed by atoms with E-state index in [1.54, 1.807) is 41.0 Å². The Labute approximate surface area is 188 Å². The largest absolute Gasteiger partial charge is 0.338 e. The van der Waals surface area contributed by atoms with Gasteiger partial charge in [0.15, 0.2) is 0 Å². The maximum absolute atomic E-state index is 13.3. The number of hydrogen-bond acceptors (Lipinski definition) is 4. The lowest BCUT2D eigenvalue weighted by Crippen LogP contribution is -2.57. The molecule has 4 rings (SSSR count). The molecule has 7 nitrogen and oxygen atoms in total. The summed E-state index contributed by atoms with van der Waals surface area (Å²) in [6.45, 7) is 5.06. The highest BCUT2D eigenvalue weighted by atomic mass is 16.2. The number of carbonyl (C=O) groups excluding carboxylic acids is 3. The predicted molar refractivity (Wildman–Crippen MR) is 122 cm³/mol. The Morgan fingerprint density at radius 2 is 1.56 bits per heavy atom. The fourth-order valence-corrected chi connectivity index (χ4v) is 4.66. The number of benzene rings is 2. The monoisotopic (exact) mass is 432 g/mol. The van der Waals surface area contributed by atoms with E-state index < -0.39 is 5.54 Å². The van der Waals surface area contributed by atoms with Gasteiger partial charge in [0, 0.05) is 37.5 Å². The van der Waals surface area contributed by atoms with E-state index in [1.807, 2.05) is 37.3 Å². The highest BCUT2D eigenvalue weighted by Crippen LogP contribution is 2.38. The van der Waals surface area contributed by atoms with Crippen LogP contribution in [0, 0.1) is 5.41 Å². The van der Waals surface area contributed by atoms with Crippen molar-refractivity contribution in [2.24, 2.45) is 0 Å². The van der Waals surface area contributed by atoms with Gasteiger partial charge in [0.05, 0.1) is 0 Å². The van der Waals surface area contributed by atoms with Crippen LogP contribution in [0.4, 0.5) is 4.79 Å². The van der Waals surface area contributed by atoms with Crippen LogP contribution < -0.4 is 0 Å². The van der Waals surface area contributed by atoms with E-state index in [2.05, 4.69) is 0 Å². The fraction of sp³-hybridized carbons (Fsp3) is 0.360. The number of likely N-dealkylation sites (N-methyl/N-ethyl adjacent to an activating group) is 1. The first kappa shape index (κ1) is 21.7. The molecule has 1 N–H and O–H groups in total. The zero-order valence-corrected chi connectivity index (χ0v) is 18.5. The number of rotatable bonds is 5. The molecule has 0 aromatic heterocycles. The lowest BCUT2D eigenvalue weighted by molar-refractivity contribution is -0.135. The van der Waals surface area contributed by atoms with Gasteiger partial charge >= 0.3 is 6.03 Å². The quantitative estimate of drug-likeness (QED) is 0.579. The minimum atomic E-state index is -0.902. The van der Waals surface area contributed by atoms with Gasteiger partial charge in [-0.15, -0.1) is 0 Å². The molecule has 2 saturated heterocycles. The highest BCUT2D eigenvalue weighted by Gasteiger charge is 2.57. The van der Waals surface area contributed by atoms with E-state index in [9.17, 15) is 14.4 Å². The average Bonchev–Trinajstić information content (AvgIpc) is 3.00. The van der Waals surface area contributed by atoms with Gasteiger partial charge in [-0.05, 0) is 49.9 Å². The maximum atomic E-state index is 13.3. The first-order valence-electron chi connectivity index (χ1n) is 11.0. The van der Waals surface area contributed by atoms with E-state index >= 15 is 0 Å². The van der Waals surface area contributed by atoms with Gasteiger partial charge < -0.3 is 15.2 Å². The molecule has 2 aromatic carbocycles. The molecule has 2 aliphatic rings. The Kier molecular flexibility index (Phi) is 5.82. The summed E-state index contributed by atoms with van der Waals surface area (Å²) >= 11 is 0. The molecule has 1 spiro atoms. The molecule has 166 valence electrons. The summed E-state index contributed by atoms with van der Waals surface area (Å²) in [6, 6.07) is 16.5. The fourth-order valence-electron chi connectivity index (χ4n) is 4.66. The maximum Gasteiger partial charge on any atom is 0.327 e. The summed E-state index contributed by atoms with van der Waals surface area (Å²) in [7, 11) is 0. The Hall–Kier alpha value is -3.48. The molecule has 7 heteroatoms. The molecule has 2 fully saturated rings. The number of likely N-dealkylation sites (tertiary alicyclic amines) is 1. The van der Waals surface area contributed by atoms with Crippen molar-refractivity contribution < 1.29 is 14.4 Å². The standard InChI is InChI=1S/C25H28N4O3/c1-3-28-23(31)25(29(24(28)32)17-19-7-5-4-6-8-19)13-15-27(16-14-25)22(30)21-11-9-20(10-12-21)18(2)26/h4-12,26H,3,13-17H2,1-2H3. The van der Waals surface area contributed by atoms with Crippen LogP contribution in [-0.4, -0.2) is 63.4 Å². The van der Waals surface area contributed by atoms with Gasteiger partial charge in [-0.25, -0.2) is 4.79 Å². The smallest absolute Gasteiger partial charge is 0.327 e. The number of nitrogens with zero attached hydrogens (tertiary/aromatic N) is 3. The minimum absolute atomic E-state index is 0.0900. The lowest BCUT2D eigenvalue weighted by atomic mass is 9.85. The first-order chi connectivity index (χ1) is 15.4. The van der Waals surface area contributed by atoms with Crippen LogP contribution in [0.1, 0.15) is 48.2 Å². The molecule has 2 aromatic rings. The summed E-state index contributed by atoms with van der Waals surface area (Å²) in [5.41, 5.74) is 1.88. The van der Waals surface area contributed by atoms with Crippen molar-refractivity contribution in [1.29, 1.82) is 5.41 Å². The van der Waals surface area contributed by atoms with E-state index in [1.165, 1.54) is 4.90 Å². The van der Waals surface area contributed by atoms with Crippen molar-refractivity contribution in [3.8, 4) is 0 Å². The second-order valence-electron chi connectivity index (χ2n) is 8.43. The lowest BCUT2D eigenvalue weighted by Gasteiger charge is -2.42. The van der Waals surface area contributed by atoms with Crippen molar-refractivity contribution in [2.75, 3.05) is 19.6 Å². The van der Waals surface area contributed by atoms with Gasteiger partial charge in [-0.3, -0.25) is 14.5 Å². The molecular formula is C25H28N4O3. The van der Waals surface area contributed by atoms with Gasteiger partial charge in [-0.2, -0.15) is 0 Å². The predicted octanol–water partition coefficient (Wildman–Crippen LogP) is 3.53. The van der Waals surface area contributed by atoms with Crippen molar-refractivity contribution in [2.45, 2.75) is 38.8 Å². The summed E-state index contributed by atoms with van der Waals surface area (Å²) in [5.74, 6) is -0.244. The van der Waals surface area contributed by atoms with Crippen molar-refractivity contribution in [3.63, 3.8) is 0 Å². The van der Waals surface area contributed by atoms with Gasteiger partial charge in [0.2, 0.25) is 0 Å². The molecular weight excluding hydrogens is 404 g/mol. The molecule has 0 bridgehead atoms. The van der Waals surface area contributed by atoms with Crippen LogP contribution in [0.25, 0.3) is 0 Å². The molecule has 0 atom stereocenters. The Balaban J connectivity index is 1.53. The second-order valence-corrected chi connectivity index (χ2v) is 8.43. The normalized spacial score (nSPS) is 17.9. The molecule has 2 heterocycles. The Bertz CT molecular complexity index is 1040. The van der Waals surface area contributed by atoms with Gasteiger partial charge in [-0.1, -0.05) is 42.5 Å². The van der Waals surface area contributed by atoms with Crippen LogP contribution in [0.3, 0.4) is 0 Å². The van der Waals surface area contributed by atoms with E-state index in [0.717, 1.165) is 11.1 Å². The third kappa shape index (κ3) is 3.68. The Morgan fingerprint density at radius 1 is 0.969 bits per heavy atom. The molecule has 0 unspecified atom stereocenters. The second kappa shape index (κ2) is 8.57. The number of urea groups is 1. The number of nitrogens with one attached hydrogen (secondary N) is 1. The summed E-state index contributed by atoms with van der Waals surface area (Å²) < 4.78 is 0. The topological polar surface area (TPSA) is 84.8 Å². The molecule has 0 aliphatic carbocycles. The van der Waals surface area contributed by atoms with Crippen LogP contribution >= 0.6 is 0 Å². The third-order valence-corrected chi connectivity index (χ3v) is 6.56. The molecule has 2 aliphatic heterocycles. The van der Waals surface area contributed by atoms with Crippen LogP contribution in [0.5, 0.6) is 0 Å². The van der Waals surface area contributed by atoms with Crippen LogP contribution in [0.2, 0.25) is 0 Å². The number of imide groups is 1. The van der Waals surface area contributed by atoms with Crippen LogP contribution in [0.15, 0.2) is 54.6 Å². The molecule has 32 heavy (non-hydrogen) atoms. The van der Waals surface area contributed by atoms with E-state index in [0.29, 0.717) is 50.3 Å². The average molecular weight is 433 g/mol. The van der Waals surface area contributed by atoms with Crippen molar-refractivity contribution in [3.05, 3.63) is 71.3 Å². The SMILES string of the molecule is CCN1C(=O)N(Cc2ccccc2)C2(CCN(C(=O)c3ccc(C(C)=N)cc3)CC2)C1=O. The summed E-state index contributed by atoms with van der Waals surface area (Å²) in [6.07, 6.45) is 0.842. The van der Waals surface area contributed by atoms with E-state index in [-0.39, 0.29) is 17.8 Å². The first-order valence-corrected chi connectivity index (χ1v) is 11.0. The number of piperidine rings is 1. The molecule has 4 amide bonds. The summed E-state index contributed by atoms with van der Waals surface area (Å²) in [4.78, 5) is 44.2. The number of amides is 4. The van der Waals surface area contributed by atoms with Gasteiger partial charge in [0.1, 0.15) is 5.54 Å².